The topological polar surface area (TPSA) is 34.0 Å². The summed E-state index contributed by atoms with van der Waals surface area (Å²) in [5.41, 5.74) is 1.37. The van der Waals surface area contributed by atoms with E-state index < -0.39 is 5.82 Å². The SMILES string of the molecule is O=C(Cn1ccc2cc(Cl)ccc21)Nc1ccc(F)c(Cl)c1. The largest absolute Gasteiger partial charge is 0.338 e. The van der Waals surface area contributed by atoms with Gasteiger partial charge >= 0.3 is 0 Å². The maximum Gasteiger partial charge on any atom is 0.244 e. The van der Waals surface area contributed by atoms with Gasteiger partial charge in [-0.15, -0.1) is 0 Å². The molecule has 0 bridgehead atoms. The number of hydrogen-bond acceptors (Lipinski definition) is 1. The molecule has 0 aliphatic carbocycles. The fourth-order valence-corrected chi connectivity index (χ4v) is 2.60. The van der Waals surface area contributed by atoms with Gasteiger partial charge in [-0.3, -0.25) is 4.79 Å². The minimum absolute atomic E-state index is 0.0288. The van der Waals surface area contributed by atoms with Crippen molar-refractivity contribution in [2.75, 3.05) is 5.32 Å². The van der Waals surface area contributed by atoms with Gasteiger partial charge in [0.05, 0.1) is 5.02 Å². The molecule has 1 amide bonds. The summed E-state index contributed by atoms with van der Waals surface area (Å²) in [5, 5.41) is 4.27. The molecule has 1 heterocycles. The zero-order chi connectivity index (χ0) is 15.7. The molecule has 0 saturated heterocycles. The lowest BCUT2D eigenvalue weighted by atomic mass is 10.2. The maximum atomic E-state index is 13.1. The van der Waals surface area contributed by atoms with Gasteiger partial charge in [-0.25, -0.2) is 4.39 Å². The van der Waals surface area contributed by atoms with Gasteiger partial charge in [0.2, 0.25) is 5.91 Å². The van der Waals surface area contributed by atoms with Gasteiger partial charge in [0.25, 0.3) is 0 Å². The molecule has 22 heavy (non-hydrogen) atoms. The molecule has 0 spiro atoms. The molecule has 0 aliphatic rings. The molecule has 6 heteroatoms. The molecule has 0 fully saturated rings. The van der Waals surface area contributed by atoms with Crippen molar-refractivity contribution in [1.29, 1.82) is 0 Å². The Morgan fingerprint density at radius 2 is 1.95 bits per heavy atom. The Kier molecular flexibility index (Phi) is 4.05. The third-order valence-electron chi connectivity index (χ3n) is 3.25. The van der Waals surface area contributed by atoms with Crippen LogP contribution in [0.3, 0.4) is 0 Å². The highest BCUT2D eigenvalue weighted by Gasteiger charge is 2.08. The first-order valence-corrected chi connectivity index (χ1v) is 7.28. The molecule has 3 nitrogen and oxygen atoms in total. The summed E-state index contributed by atoms with van der Waals surface area (Å²) in [6, 6.07) is 11.4. The van der Waals surface area contributed by atoms with Crippen molar-refractivity contribution in [3.8, 4) is 0 Å². The van der Waals surface area contributed by atoms with E-state index in [1.165, 1.54) is 18.2 Å². The second-order valence-corrected chi connectivity index (χ2v) is 5.67. The molecule has 0 unspecified atom stereocenters. The van der Waals surface area contributed by atoms with E-state index in [0.717, 1.165) is 10.9 Å². The van der Waals surface area contributed by atoms with E-state index >= 15 is 0 Å². The summed E-state index contributed by atoms with van der Waals surface area (Å²) in [4.78, 5) is 12.1. The van der Waals surface area contributed by atoms with Gasteiger partial charge in [-0.05, 0) is 42.5 Å². The van der Waals surface area contributed by atoms with Crippen molar-refractivity contribution in [2.45, 2.75) is 6.54 Å². The molecule has 1 aromatic heterocycles. The van der Waals surface area contributed by atoms with Crippen LogP contribution < -0.4 is 5.32 Å². The van der Waals surface area contributed by atoms with Crippen LogP contribution in [0.1, 0.15) is 0 Å². The molecule has 0 aliphatic heterocycles. The Morgan fingerprint density at radius 3 is 2.73 bits per heavy atom. The number of aromatic nitrogens is 1. The summed E-state index contributed by atoms with van der Waals surface area (Å²) in [6.45, 7) is 0.139. The number of nitrogens with zero attached hydrogens (tertiary/aromatic N) is 1. The molecular weight excluding hydrogens is 326 g/mol. The summed E-state index contributed by atoms with van der Waals surface area (Å²) in [5.74, 6) is -0.747. The Hall–Kier alpha value is -2.04. The monoisotopic (exact) mass is 336 g/mol. The number of carbonyl (C=O) groups excluding carboxylic acids is 1. The summed E-state index contributed by atoms with van der Waals surface area (Å²) in [6.07, 6.45) is 1.82. The number of nitrogens with one attached hydrogen (secondary N) is 1. The molecule has 3 rings (SSSR count). The quantitative estimate of drug-likeness (QED) is 0.737. The first-order chi connectivity index (χ1) is 10.5. The molecular formula is C16H11Cl2FN2O. The average Bonchev–Trinajstić information content (AvgIpc) is 2.85. The van der Waals surface area contributed by atoms with Crippen molar-refractivity contribution in [3.63, 3.8) is 0 Å². The van der Waals surface area contributed by atoms with Gasteiger partial charge < -0.3 is 9.88 Å². The Bertz CT molecular complexity index is 860. The number of benzene rings is 2. The fraction of sp³-hybridized carbons (Fsp3) is 0.0625. The number of rotatable bonds is 3. The number of carbonyl (C=O) groups is 1. The summed E-state index contributed by atoms with van der Waals surface area (Å²) >= 11 is 11.6. The van der Waals surface area contributed by atoms with Crippen molar-refractivity contribution < 1.29 is 9.18 Å². The molecule has 3 aromatic rings. The second-order valence-electron chi connectivity index (χ2n) is 4.82. The molecule has 112 valence electrons. The summed E-state index contributed by atoms with van der Waals surface area (Å²) < 4.78 is 14.9. The lowest BCUT2D eigenvalue weighted by Crippen LogP contribution is -2.18. The highest BCUT2D eigenvalue weighted by atomic mass is 35.5. The van der Waals surface area contributed by atoms with Crippen LogP contribution >= 0.6 is 23.2 Å². The number of fused-ring (bicyclic) bond motifs is 1. The molecule has 2 aromatic carbocycles. The van der Waals surface area contributed by atoms with E-state index in [1.807, 2.05) is 29.0 Å². The van der Waals surface area contributed by atoms with E-state index in [2.05, 4.69) is 5.32 Å². The Balaban J connectivity index is 1.76. The molecule has 0 saturated carbocycles. The van der Waals surface area contributed by atoms with Crippen molar-refractivity contribution >= 4 is 45.7 Å². The maximum absolute atomic E-state index is 13.1. The number of halogens is 3. The predicted octanol–water partition coefficient (Wildman–Crippen LogP) is 4.73. The number of amides is 1. The van der Waals surface area contributed by atoms with E-state index in [4.69, 9.17) is 23.2 Å². The molecule has 0 atom stereocenters. The van der Waals surface area contributed by atoms with Crippen LogP contribution in [-0.2, 0) is 11.3 Å². The molecule has 1 N–H and O–H groups in total. The second kappa shape index (κ2) is 5.99. The van der Waals surface area contributed by atoms with E-state index in [1.54, 1.807) is 6.07 Å². The highest BCUT2D eigenvalue weighted by Crippen LogP contribution is 2.21. The van der Waals surface area contributed by atoms with Crippen LogP contribution in [0.15, 0.2) is 48.7 Å². The van der Waals surface area contributed by atoms with Crippen molar-refractivity contribution in [3.05, 3.63) is 64.5 Å². The molecule has 0 radical (unpaired) electrons. The van der Waals surface area contributed by atoms with Gasteiger partial charge in [0.15, 0.2) is 0 Å². The summed E-state index contributed by atoms with van der Waals surface area (Å²) in [7, 11) is 0. The minimum atomic E-state index is -0.520. The smallest absolute Gasteiger partial charge is 0.244 e. The third kappa shape index (κ3) is 3.08. The van der Waals surface area contributed by atoms with Gasteiger partial charge in [-0.1, -0.05) is 23.2 Å². The lowest BCUT2D eigenvalue weighted by molar-refractivity contribution is -0.116. The van der Waals surface area contributed by atoms with Gasteiger partial charge in [0.1, 0.15) is 12.4 Å². The van der Waals surface area contributed by atoms with Crippen molar-refractivity contribution in [2.24, 2.45) is 0 Å². The van der Waals surface area contributed by atoms with Gasteiger partial charge in [0, 0.05) is 27.8 Å². The minimum Gasteiger partial charge on any atom is -0.338 e. The zero-order valence-corrected chi connectivity index (χ0v) is 12.8. The first-order valence-electron chi connectivity index (χ1n) is 6.52. The van der Waals surface area contributed by atoms with E-state index in [-0.39, 0.29) is 17.5 Å². The standard InChI is InChI=1S/C16H11Cl2FN2O/c17-11-1-4-15-10(7-11)5-6-21(15)9-16(22)20-12-2-3-14(19)13(18)8-12/h1-8H,9H2,(H,20,22). The average molecular weight is 337 g/mol. The highest BCUT2D eigenvalue weighted by molar-refractivity contribution is 6.31. The van der Waals surface area contributed by atoms with Crippen LogP contribution in [0, 0.1) is 5.82 Å². The first kappa shape index (κ1) is 14.9. The normalized spacial score (nSPS) is 10.9. The number of hydrogen-bond donors (Lipinski definition) is 1. The number of anilines is 1. The van der Waals surface area contributed by atoms with Crippen LogP contribution in [0.25, 0.3) is 10.9 Å². The van der Waals surface area contributed by atoms with Crippen LogP contribution in [0.4, 0.5) is 10.1 Å². The Labute approximate surface area is 136 Å². The lowest BCUT2D eigenvalue weighted by Gasteiger charge is -2.08. The van der Waals surface area contributed by atoms with Crippen LogP contribution in [0.2, 0.25) is 10.0 Å². The van der Waals surface area contributed by atoms with E-state index in [0.29, 0.717) is 10.7 Å². The third-order valence-corrected chi connectivity index (χ3v) is 3.78. The van der Waals surface area contributed by atoms with E-state index in [9.17, 15) is 9.18 Å². The zero-order valence-electron chi connectivity index (χ0n) is 11.3. The fourth-order valence-electron chi connectivity index (χ4n) is 2.24. The van der Waals surface area contributed by atoms with Crippen LogP contribution in [-0.4, -0.2) is 10.5 Å². The van der Waals surface area contributed by atoms with Crippen LogP contribution in [0.5, 0.6) is 0 Å². The van der Waals surface area contributed by atoms with Gasteiger partial charge in [-0.2, -0.15) is 0 Å². The Morgan fingerprint density at radius 1 is 1.14 bits per heavy atom. The predicted molar refractivity (Wildman–Crippen MR) is 87.0 cm³/mol. The van der Waals surface area contributed by atoms with Crippen molar-refractivity contribution in [1.82, 2.24) is 4.57 Å².